The largest absolute Gasteiger partial charge is 0.438 e. The lowest BCUT2D eigenvalue weighted by molar-refractivity contribution is 0.0978. The van der Waals surface area contributed by atoms with Gasteiger partial charge in [0.05, 0.1) is 17.6 Å². The molecular weight excluding hydrogens is 442 g/mol. The number of nitrogens with zero attached hydrogens (tertiary/aromatic N) is 3. The van der Waals surface area contributed by atoms with Crippen LogP contribution in [0.2, 0.25) is 0 Å². The molecule has 3 heterocycles. The monoisotopic (exact) mass is 465 g/mol. The van der Waals surface area contributed by atoms with Crippen LogP contribution >= 0.6 is 0 Å². The summed E-state index contributed by atoms with van der Waals surface area (Å²) in [5.74, 6) is -0.385. The van der Waals surface area contributed by atoms with Crippen LogP contribution in [0.1, 0.15) is 28.5 Å². The average Bonchev–Trinajstić information content (AvgIpc) is 3.32. The second kappa shape index (κ2) is 8.83. The number of sulfonamides is 1. The van der Waals surface area contributed by atoms with E-state index in [1.165, 1.54) is 18.3 Å². The Kier molecular flexibility index (Phi) is 5.93. The Morgan fingerprint density at radius 1 is 1.00 bits per heavy atom. The van der Waals surface area contributed by atoms with Crippen molar-refractivity contribution < 1.29 is 19.4 Å². The average molecular weight is 466 g/mol. The molecule has 0 fully saturated rings. The van der Waals surface area contributed by atoms with Crippen molar-refractivity contribution in [2.45, 2.75) is 25.8 Å². The van der Waals surface area contributed by atoms with Gasteiger partial charge < -0.3 is 4.74 Å². The van der Waals surface area contributed by atoms with Crippen molar-refractivity contribution in [1.29, 1.82) is 0 Å². The SMILES string of the molecule is Cc1cc(C)c(Oc2nc(-c3ccccn3)ccc2C(=O)NS(=O)(=O)c2ccn[nH]2)c(C)c1.[HH]. The molecule has 0 saturated heterocycles. The second-order valence-electron chi connectivity index (χ2n) is 7.45. The van der Waals surface area contributed by atoms with Gasteiger partial charge in [0.25, 0.3) is 15.9 Å². The number of aromatic amines is 1. The first-order valence-electron chi connectivity index (χ1n) is 9.99. The molecule has 3 aromatic heterocycles. The number of carbonyl (C=O) groups is 1. The molecule has 170 valence electrons. The molecule has 33 heavy (non-hydrogen) atoms. The topological polar surface area (TPSA) is 127 Å². The predicted octanol–water partition coefficient (Wildman–Crippen LogP) is 3.95. The molecule has 10 heteroatoms. The van der Waals surface area contributed by atoms with Crippen LogP contribution < -0.4 is 9.46 Å². The van der Waals surface area contributed by atoms with Gasteiger partial charge in [0.1, 0.15) is 11.3 Å². The van der Waals surface area contributed by atoms with E-state index in [1.807, 2.05) is 43.7 Å². The number of aryl methyl sites for hydroxylation is 3. The van der Waals surface area contributed by atoms with Gasteiger partial charge in [-0.05, 0) is 62.2 Å². The van der Waals surface area contributed by atoms with E-state index in [-0.39, 0.29) is 17.9 Å². The minimum Gasteiger partial charge on any atom is -0.438 e. The maximum Gasteiger partial charge on any atom is 0.281 e. The van der Waals surface area contributed by atoms with Crippen molar-refractivity contribution in [3.05, 3.63) is 83.2 Å². The number of pyridine rings is 2. The van der Waals surface area contributed by atoms with E-state index >= 15 is 0 Å². The second-order valence-corrected chi connectivity index (χ2v) is 9.10. The van der Waals surface area contributed by atoms with Gasteiger partial charge in [-0.3, -0.25) is 14.9 Å². The van der Waals surface area contributed by atoms with E-state index in [1.54, 1.807) is 24.4 Å². The van der Waals surface area contributed by atoms with Crippen LogP contribution in [-0.2, 0) is 10.0 Å². The van der Waals surface area contributed by atoms with Crippen LogP contribution in [0, 0.1) is 20.8 Å². The first-order valence-corrected chi connectivity index (χ1v) is 11.5. The summed E-state index contributed by atoms with van der Waals surface area (Å²) >= 11 is 0. The Morgan fingerprint density at radius 2 is 1.76 bits per heavy atom. The third-order valence-corrected chi connectivity index (χ3v) is 6.09. The highest BCUT2D eigenvalue weighted by Crippen LogP contribution is 2.32. The number of hydrogen-bond acceptors (Lipinski definition) is 7. The van der Waals surface area contributed by atoms with E-state index in [9.17, 15) is 13.2 Å². The van der Waals surface area contributed by atoms with Gasteiger partial charge in [-0.1, -0.05) is 23.8 Å². The highest BCUT2D eigenvalue weighted by Gasteiger charge is 2.24. The van der Waals surface area contributed by atoms with Crippen molar-refractivity contribution in [1.82, 2.24) is 24.9 Å². The summed E-state index contributed by atoms with van der Waals surface area (Å²) in [6.45, 7) is 5.75. The summed E-state index contributed by atoms with van der Waals surface area (Å²) < 4.78 is 33.1. The Hall–Kier alpha value is -4.05. The van der Waals surface area contributed by atoms with E-state index in [4.69, 9.17) is 4.74 Å². The lowest BCUT2D eigenvalue weighted by atomic mass is 10.1. The minimum absolute atomic E-state index is 0. The molecule has 0 aliphatic heterocycles. The summed E-state index contributed by atoms with van der Waals surface area (Å²) in [5.41, 5.74) is 3.79. The van der Waals surface area contributed by atoms with Gasteiger partial charge in [0.15, 0.2) is 5.03 Å². The smallest absolute Gasteiger partial charge is 0.281 e. The van der Waals surface area contributed by atoms with Crippen molar-refractivity contribution in [3.63, 3.8) is 0 Å². The summed E-state index contributed by atoms with van der Waals surface area (Å²) in [7, 11) is -4.15. The molecule has 2 N–H and O–H groups in total. The first kappa shape index (κ1) is 22.2. The number of H-pyrrole nitrogens is 1. The number of ether oxygens (including phenoxy) is 1. The third kappa shape index (κ3) is 4.75. The van der Waals surface area contributed by atoms with Gasteiger partial charge in [-0.25, -0.2) is 9.71 Å². The number of benzene rings is 1. The third-order valence-electron chi connectivity index (χ3n) is 4.83. The van der Waals surface area contributed by atoms with Crippen LogP contribution in [0.15, 0.2) is 66.0 Å². The first-order chi connectivity index (χ1) is 15.7. The number of rotatable bonds is 6. The molecule has 0 unspecified atom stereocenters. The molecule has 0 aliphatic carbocycles. The van der Waals surface area contributed by atoms with Crippen LogP contribution in [0.4, 0.5) is 0 Å². The molecule has 0 atom stereocenters. The zero-order chi connectivity index (χ0) is 23.6. The Labute approximate surface area is 192 Å². The lowest BCUT2D eigenvalue weighted by Gasteiger charge is -2.15. The fraction of sp³-hybridized carbons (Fsp3) is 0.130. The summed E-state index contributed by atoms with van der Waals surface area (Å²) in [6.07, 6.45) is 2.91. The van der Waals surface area contributed by atoms with Gasteiger partial charge in [0, 0.05) is 7.62 Å². The molecular formula is C23H23N5O4S. The van der Waals surface area contributed by atoms with Crippen molar-refractivity contribution in [2.75, 3.05) is 0 Å². The number of aromatic nitrogens is 4. The highest BCUT2D eigenvalue weighted by molar-refractivity contribution is 7.90. The van der Waals surface area contributed by atoms with Crippen molar-refractivity contribution >= 4 is 15.9 Å². The lowest BCUT2D eigenvalue weighted by Crippen LogP contribution is -2.31. The molecule has 0 aliphatic rings. The number of hydrogen-bond donors (Lipinski definition) is 2. The molecule has 0 bridgehead atoms. The number of carbonyl (C=O) groups excluding carboxylic acids is 1. The molecule has 4 aromatic rings. The minimum atomic E-state index is -4.15. The Bertz CT molecular complexity index is 1400. The maximum absolute atomic E-state index is 13.0. The summed E-state index contributed by atoms with van der Waals surface area (Å²) in [4.78, 5) is 21.8. The number of nitrogens with one attached hydrogen (secondary N) is 2. The van der Waals surface area contributed by atoms with Crippen LogP contribution in [-0.4, -0.2) is 34.5 Å². The van der Waals surface area contributed by atoms with E-state index in [0.717, 1.165) is 16.7 Å². The normalized spacial score (nSPS) is 11.2. The summed E-state index contributed by atoms with van der Waals surface area (Å²) in [5, 5.41) is 5.71. The predicted molar refractivity (Wildman–Crippen MR) is 124 cm³/mol. The van der Waals surface area contributed by atoms with E-state index in [0.29, 0.717) is 17.1 Å². The van der Waals surface area contributed by atoms with Crippen molar-refractivity contribution in [3.8, 4) is 23.0 Å². The fourth-order valence-electron chi connectivity index (χ4n) is 3.40. The molecule has 0 radical (unpaired) electrons. The summed E-state index contributed by atoms with van der Waals surface area (Å²) in [6, 6.07) is 13.6. The fourth-order valence-corrected chi connectivity index (χ4v) is 4.27. The van der Waals surface area contributed by atoms with Crippen molar-refractivity contribution in [2.24, 2.45) is 0 Å². The molecule has 0 saturated carbocycles. The maximum atomic E-state index is 13.0. The van der Waals surface area contributed by atoms with Gasteiger partial charge in [-0.2, -0.15) is 13.5 Å². The zero-order valence-corrected chi connectivity index (χ0v) is 19.0. The standard InChI is InChI=1S/C23H21N5O4S.H2/c1-14-12-15(2)21(16(3)13-14)32-23-17(7-8-19(26-23)18-6-4-5-10-24-18)22(29)28-33(30,31)20-9-11-25-27-20;/h4-13H,1-3H3,(H,25,27)(H,28,29);1H. The molecule has 4 rings (SSSR count). The van der Waals surface area contributed by atoms with E-state index < -0.39 is 15.9 Å². The van der Waals surface area contributed by atoms with E-state index in [2.05, 4.69) is 20.2 Å². The van der Waals surface area contributed by atoms with Gasteiger partial charge >= 0.3 is 0 Å². The Morgan fingerprint density at radius 3 is 2.39 bits per heavy atom. The van der Waals surface area contributed by atoms with Crippen LogP contribution in [0.5, 0.6) is 11.6 Å². The molecule has 9 nitrogen and oxygen atoms in total. The van der Waals surface area contributed by atoms with Gasteiger partial charge in [-0.15, -0.1) is 0 Å². The highest BCUT2D eigenvalue weighted by atomic mass is 32.2. The van der Waals surface area contributed by atoms with Gasteiger partial charge in [0.2, 0.25) is 5.88 Å². The molecule has 0 spiro atoms. The number of amides is 1. The quantitative estimate of drug-likeness (QED) is 0.441. The Balaban J connectivity index is 0.00000324. The van der Waals surface area contributed by atoms with Crippen LogP contribution in [0.3, 0.4) is 0 Å². The zero-order valence-electron chi connectivity index (χ0n) is 18.2. The molecule has 1 aromatic carbocycles. The van der Waals surface area contributed by atoms with Crippen LogP contribution in [0.25, 0.3) is 11.4 Å². The molecule has 1 amide bonds.